The van der Waals surface area contributed by atoms with E-state index in [0.29, 0.717) is 42.3 Å². The molecule has 3 aromatic rings. The van der Waals surface area contributed by atoms with Crippen molar-refractivity contribution >= 4 is 35.4 Å². The number of amides is 2. The van der Waals surface area contributed by atoms with Gasteiger partial charge in [0, 0.05) is 31.7 Å². The predicted octanol–water partition coefficient (Wildman–Crippen LogP) is 3.52. The maximum absolute atomic E-state index is 13.2. The summed E-state index contributed by atoms with van der Waals surface area (Å²) in [5.74, 6) is 0.656. The van der Waals surface area contributed by atoms with Crippen LogP contribution in [0.3, 0.4) is 0 Å². The van der Waals surface area contributed by atoms with Crippen molar-refractivity contribution in [2.75, 3.05) is 26.2 Å². The number of aryl methyl sites for hydroxylation is 1. The summed E-state index contributed by atoms with van der Waals surface area (Å²) in [5, 5.41) is 9.09. The number of aromatic amines is 1. The Kier molecular flexibility index (Phi) is 5.83. The van der Waals surface area contributed by atoms with Crippen LogP contribution in [-0.4, -0.2) is 62.6 Å². The van der Waals surface area contributed by atoms with Crippen LogP contribution >= 0.6 is 23.6 Å². The number of hydrogen-bond acceptors (Lipinski definition) is 5. The maximum Gasteiger partial charge on any atom is 0.253 e. The molecular weight excluding hydrogens is 418 g/mol. The summed E-state index contributed by atoms with van der Waals surface area (Å²) in [5.41, 5.74) is 1.80. The van der Waals surface area contributed by atoms with Gasteiger partial charge in [-0.15, -0.1) is 11.3 Å². The molecule has 3 heterocycles. The highest BCUT2D eigenvalue weighted by Crippen LogP contribution is 2.26. The second-order valence-electron chi connectivity index (χ2n) is 7.36. The first-order chi connectivity index (χ1) is 14.5. The average molecular weight is 442 g/mol. The predicted molar refractivity (Wildman–Crippen MR) is 119 cm³/mol. The van der Waals surface area contributed by atoms with E-state index in [4.69, 9.17) is 12.2 Å². The molecule has 0 saturated carbocycles. The third-order valence-corrected chi connectivity index (χ3v) is 6.52. The van der Waals surface area contributed by atoms with E-state index in [0.717, 1.165) is 10.4 Å². The second-order valence-corrected chi connectivity index (χ2v) is 8.69. The van der Waals surface area contributed by atoms with Crippen molar-refractivity contribution in [1.29, 1.82) is 0 Å². The van der Waals surface area contributed by atoms with Crippen LogP contribution in [0.5, 0.6) is 0 Å². The zero-order chi connectivity index (χ0) is 21.3. The van der Waals surface area contributed by atoms with Gasteiger partial charge < -0.3 is 9.80 Å². The van der Waals surface area contributed by atoms with Crippen molar-refractivity contribution in [3.8, 4) is 10.7 Å². The van der Waals surface area contributed by atoms with Gasteiger partial charge in [-0.3, -0.25) is 19.3 Å². The van der Waals surface area contributed by atoms with Gasteiger partial charge >= 0.3 is 0 Å². The summed E-state index contributed by atoms with van der Waals surface area (Å²) in [6.45, 7) is 5.87. The fourth-order valence-corrected chi connectivity index (χ4v) is 4.63. The molecule has 1 aliphatic heterocycles. The molecule has 1 fully saturated rings. The van der Waals surface area contributed by atoms with E-state index in [-0.39, 0.29) is 11.8 Å². The van der Waals surface area contributed by atoms with Crippen molar-refractivity contribution < 1.29 is 9.59 Å². The summed E-state index contributed by atoms with van der Waals surface area (Å²) in [4.78, 5) is 30.5. The van der Waals surface area contributed by atoms with Crippen LogP contribution < -0.4 is 0 Å². The Hall–Kier alpha value is -2.78. The Labute approximate surface area is 183 Å². The number of nitrogens with zero attached hydrogens (tertiary/aromatic N) is 4. The van der Waals surface area contributed by atoms with Crippen LogP contribution in [-0.2, 0) is 4.79 Å². The van der Waals surface area contributed by atoms with Gasteiger partial charge in [0.1, 0.15) is 6.04 Å². The Bertz CT molecular complexity index is 1090. The van der Waals surface area contributed by atoms with Gasteiger partial charge in [-0.2, -0.15) is 5.10 Å². The molecule has 2 aromatic heterocycles. The van der Waals surface area contributed by atoms with Crippen molar-refractivity contribution in [1.82, 2.24) is 24.6 Å². The molecule has 7 nitrogen and oxygen atoms in total. The minimum Gasteiger partial charge on any atom is -0.337 e. The van der Waals surface area contributed by atoms with Crippen molar-refractivity contribution in [2.45, 2.75) is 19.9 Å². The molecule has 1 aliphatic rings. The summed E-state index contributed by atoms with van der Waals surface area (Å²) in [6.07, 6.45) is 0. The van der Waals surface area contributed by atoms with Crippen LogP contribution in [0.15, 0.2) is 41.8 Å². The second kappa shape index (κ2) is 8.53. The summed E-state index contributed by atoms with van der Waals surface area (Å²) < 4.78 is 2.19. The lowest BCUT2D eigenvalue weighted by Crippen LogP contribution is -2.52. The van der Waals surface area contributed by atoms with Crippen LogP contribution in [0.4, 0.5) is 0 Å². The molecule has 30 heavy (non-hydrogen) atoms. The number of rotatable bonds is 4. The molecule has 0 spiro atoms. The minimum absolute atomic E-state index is 0.00665. The third kappa shape index (κ3) is 3.95. The Morgan fingerprint density at radius 1 is 1.10 bits per heavy atom. The number of nitrogens with one attached hydrogen (secondary N) is 1. The first kappa shape index (κ1) is 20.5. The van der Waals surface area contributed by atoms with E-state index in [2.05, 4.69) is 10.2 Å². The fraction of sp³-hybridized carbons (Fsp3) is 0.333. The van der Waals surface area contributed by atoms with Crippen LogP contribution in [0.25, 0.3) is 10.7 Å². The maximum atomic E-state index is 13.2. The van der Waals surface area contributed by atoms with Gasteiger partial charge in [-0.05, 0) is 49.6 Å². The van der Waals surface area contributed by atoms with E-state index < -0.39 is 6.04 Å². The van der Waals surface area contributed by atoms with E-state index in [1.54, 1.807) is 25.7 Å². The molecule has 156 valence electrons. The molecule has 1 saturated heterocycles. The standard InChI is InChI=1S/C21H23N5O2S2/c1-14-5-7-16(8-6-14)20(28)25-11-9-24(10-12-25)19(27)15(2)26-18(22-23-21(26)29)17-4-3-13-30-17/h3-8,13,15H,9-12H2,1-2H3,(H,23,29). The molecule has 9 heteroatoms. The summed E-state index contributed by atoms with van der Waals surface area (Å²) in [6, 6.07) is 11.0. The molecule has 2 amide bonds. The van der Waals surface area contributed by atoms with Gasteiger partial charge in [0.2, 0.25) is 5.91 Å². The van der Waals surface area contributed by atoms with Crippen molar-refractivity contribution in [3.05, 3.63) is 57.7 Å². The number of thiophene rings is 1. The monoisotopic (exact) mass is 441 g/mol. The first-order valence-corrected chi connectivity index (χ1v) is 11.1. The van der Waals surface area contributed by atoms with Crippen molar-refractivity contribution in [3.63, 3.8) is 0 Å². The topological polar surface area (TPSA) is 74.2 Å². The Morgan fingerprint density at radius 3 is 2.40 bits per heavy atom. The molecule has 0 radical (unpaired) electrons. The quantitative estimate of drug-likeness (QED) is 0.629. The molecular formula is C21H23N5O2S2. The zero-order valence-electron chi connectivity index (χ0n) is 16.9. The van der Waals surface area contributed by atoms with Gasteiger partial charge in [0.15, 0.2) is 10.6 Å². The molecule has 0 bridgehead atoms. The highest BCUT2D eigenvalue weighted by Gasteiger charge is 2.29. The van der Waals surface area contributed by atoms with Crippen LogP contribution in [0.1, 0.15) is 28.9 Å². The van der Waals surface area contributed by atoms with Gasteiger partial charge in [0.05, 0.1) is 4.88 Å². The zero-order valence-corrected chi connectivity index (χ0v) is 18.5. The smallest absolute Gasteiger partial charge is 0.253 e. The number of carbonyl (C=O) groups excluding carboxylic acids is 2. The van der Waals surface area contributed by atoms with E-state index in [9.17, 15) is 9.59 Å². The number of aromatic nitrogens is 3. The number of carbonyl (C=O) groups is 2. The van der Waals surface area contributed by atoms with Gasteiger partial charge in [-0.1, -0.05) is 23.8 Å². The number of hydrogen-bond donors (Lipinski definition) is 1. The third-order valence-electron chi connectivity index (χ3n) is 5.37. The lowest BCUT2D eigenvalue weighted by atomic mass is 10.1. The van der Waals surface area contributed by atoms with Crippen LogP contribution in [0, 0.1) is 11.7 Å². The van der Waals surface area contributed by atoms with E-state index in [1.165, 1.54) is 0 Å². The first-order valence-electron chi connectivity index (χ1n) is 9.81. The lowest BCUT2D eigenvalue weighted by molar-refractivity contribution is -0.135. The summed E-state index contributed by atoms with van der Waals surface area (Å²) in [7, 11) is 0. The minimum atomic E-state index is -0.479. The fourth-order valence-electron chi connectivity index (χ4n) is 3.63. The van der Waals surface area contributed by atoms with E-state index >= 15 is 0 Å². The number of H-pyrrole nitrogens is 1. The molecule has 1 N–H and O–H groups in total. The average Bonchev–Trinajstić information content (AvgIpc) is 3.42. The highest BCUT2D eigenvalue weighted by atomic mass is 32.1. The molecule has 1 unspecified atom stereocenters. The largest absolute Gasteiger partial charge is 0.337 e. The molecule has 4 rings (SSSR count). The summed E-state index contributed by atoms with van der Waals surface area (Å²) >= 11 is 6.94. The normalized spacial score (nSPS) is 15.3. The highest BCUT2D eigenvalue weighted by molar-refractivity contribution is 7.71. The Balaban J connectivity index is 1.44. The van der Waals surface area contributed by atoms with E-state index in [1.807, 2.05) is 55.6 Å². The molecule has 1 atom stereocenters. The van der Waals surface area contributed by atoms with Crippen LogP contribution in [0.2, 0.25) is 0 Å². The number of piperazine rings is 1. The van der Waals surface area contributed by atoms with Gasteiger partial charge in [0.25, 0.3) is 5.91 Å². The van der Waals surface area contributed by atoms with Crippen molar-refractivity contribution in [2.24, 2.45) is 0 Å². The Morgan fingerprint density at radius 2 is 1.77 bits per heavy atom. The van der Waals surface area contributed by atoms with Gasteiger partial charge in [-0.25, -0.2) is 0 Å². The lowest BCUT2D eigenvalue weighted by Gasteiger charge is -2.36. The molecule has 0 aliphatic carbocycles. The SMILES string of the molecule is Cc1ccc(C(=O)N2CCN(C(=O)C(C)n3c(-c4cccs4)n[nH]c3=S)CC2)cc1. The molecule has 1 aromatic carbocycles. The number of benzene rings is 1.